The number of fused-ring (bicyclic) bond motifs is 1. The minimum atomic E-state index is -1.06. The Morgan fingerprint density at radius 2 is 2.17 bits per heavy atom. The third-order valence-electron chi connectivity index (χ3n) is 5.18. The number of aromatic nitrogens is 4. The summed E-state index contributed by atoms with van der Waals surface area (Å²) in [5.74, 6) is -2.71. The molecule has 0 bridgehead atoms. The Morgan fingerprint density at radius 3 is 2.90 bits per heavy atom. The lowest BCUT2D eigenvalue weighted by molar-refractivity contribution is -0.145. The van der Waals surface area contributed by atoms with Gasteiger partial charge in [0.2, 0.25) is 5.91 Å². The van der Waals surface area contributed by atoms with Gasteiger partial charge in [0.1, 0.15) is 5.65 Å². The number of nitrogens with one attached hydrogen (secondary N) is 2. The van der Waals surface area contributed by atoms with Gasteiger partial charge in [-0.2, -0.15) is 0 Å². The molecule has 2 atom stereocenters. The Bertz CT molecular complexity index is 1140. The van der Waals surface area contributed by atoms with E-state index in [-0.39, 0.29) is 24.1 Å². The van der Waals surface area contributed by atoms with Crippen LogP contribution >= 0.6 is 11.6 Å². The van der Waals surface area contributed by atoms with Crippen LogP contribution in [0.3, 0.4) is 0 Å². The molecule has 4 rings (SSSR count). The van der Waals surface area contributed by atoms with E-state index < -0.39 is 23.7 Å². The number of anilines is 1. The van der Waals surface area contributed by atoms with Gasteiger partial charge in [-0.25, -0.2) is 19.3 Å². The first-order chi connectivity index (χ1) is 14.3. The molecule has 1 fully saturated rings. The van der Waals surface area contributed by atoms with Crippen molar-refractivity contribution in [1.82, 2.24) is 24.8 Å². The minimum absolute atomic E-state index is 0.0501. The number of rotatable bonds is 4. The number of hydrogen-bond acceptors (Lipinski definition) is 6. The molecule has 0 aliphatic carbocycles. The molecule has 0 spiro atoms. The van der Waals surface area contributed by atoms with E-state index >= 15 is 0 Å². The first kappa shape index (κ1) is 20.0. The zero-order chi connectivity index (χ0) is 21.4. The fourth-order valence-corrected chi connectivity index (χ4v) is 3.76. The number of aliphatic carboxylic acids is 1. The van der Waals surface area contributed by atoms with E-state index in [0.29, 0.717) is 34.6 Å². The summed E-state index contributed by atoms with van der Waals surface area (Å²) in [5.41, 5.74) is 1.17. The number of nitrogens with zero attached hydrogens (tertiary/aromatic N) is 4. The van der Waals surface area contributed by atoms with Crippen LogP contribution in [0.4, 0.5) is 10.2 Å². The summed E-state index contributed by atoms with van der Waals surface area (Å²) in [5, 5.41) is 13.6. The lowest BCUT2D eigenvalue weighted by Crippen LogP contribution is -2.51. The maximum absolute atomic E-state index is 14.4. The topological polar surface area (TPSA) is 124 Å². The number of likely N-dealkylation sites (tertiary alicyclic amines) is 1. The number of hydrogen-bond donors (Lipinski definition) is 3. The van der Waals surface area contributed by atoms with Gasteiger partial charge >= 0.3 is 5.97 Å². The van der Waals surface area contributed by atoms with Crippen molar-refractivity contribution in [3.05, 3.63) is 35.5 Å². The Morgan fingerprint density at radius 1 is 1.37 bits per heavy atom. The molecule has 1 aliphatic rings. The zero-order valence-electron chi connectivity index (χ0n) is 15.9. The Kier molecular flexibility index (Phi) is 5.25. The second-order valence-electron chi connectivity index (χ2n) is 7.09. The number of halogens is 2. The van der Waals surface area contributed by atoms with Crippen molar-refractivity contribution in [3.63, 3.8) is 0 Å². The van der Waals surface area contributed by atoms with Crippen molar-refractivity contribution in [2.24, 2.45) is 5.92 Å². The molecule has 30 heavy (non-hydrogen) atoms. The van der Waals surface area contributed by atoms with E-state index in [4.69, 9.17) is 11.6 Å². The maximum Gasteiger partial charge on any atom is 0.310 e. The van der Waals surface area contributed by atoms with Crippen LogP contribution in [0, 0.1) is 11.7 Å². The molecule has 0 aromatic carbocycles. The van der Waals surface area contributed by atoms with Crippen LogP contribution in [0.1, 0.15) is 13.3 Å². The quantitative estimate of drug-likeness (QED) is 0.578. The monoisotopic (exact) mass is 432 g/mol. The summed E-state index contributed by atoms with van der Waals surface area (Å²) < 4.78 is 14.4. The Hall–Kier alpha value is -3.27. The van der Waals surface area contributed by atoms with Crippen LogP contribution in [-0.2, 0) is 9.59 Å². The van der Waals surface area contributed by atoms with Gasteiger partial charge in [0, 0.05) is 49.4 Å². The fourth-order valence-electron chi connectivity index (χ4n) is 3.60. The first-order valence-electron chi connectivity index (χ1n) is 9.24. The number of carbonyl (C=O) groups excluding carboxylic acids is 1. The van der Waals surface area contributed by atoms with E-state index in [1.165, 1.54) is 18.0 Å². The second-order valence-corrected chi connectivity index (χ2v) is 7.53. The van der Waals surface area contributed by atoms with Gasteiger partial charge in [0.15, 0.2) is 17.5 Å². The predicted molar refractivity (Wildman–Crippen MR) is 107 cm³/mol. The highest BCUT2D eigenvalue weighted by Crippen LogP contribution is 2.29. The maximum atomic E-state index is 14.4. The summed E-state index contributed by atoms with van der Waals surface area (Å²) in [4.78, 5) is 40.3. The molecule has 0 saturated carbocycles. The van der Waals surface area contributed by atoms with E-state index in [0.717, 1.165) is 6.20 Å². The highest BCUT2D eigenvalue weighted by Gasteiger charge is 2.36. The van der Waals surface area contributed by atoms with Crippen molar-refractivity contribution in [1.29, 1.82) is 0 Å². The summed E-state index contributed by atoms with van der Waals surface area (Å²) in [6, 6.07) is 1.11. The average Bonchev–Trinajstić information content (AvgIpc) is 3.12. The van der Waals surface area contributed by atoms with E-state index in [2.05, 4.69) is 25.3 Å². The Balaban J connectivity index is 1.64. The fraction of sp³-hybridized carbons (Fsp3) is 0.316. The summed E-state index contributed by atoms with van der Waals surface area (Å²) in [7, 11) is 0. The average molecular weight is 433 g/mol. The van der Waals surface area contributed by atoms with E-state index in [1.807, 2.05) is 0 Å². The lowest BCUT2D eigenvalue weighted by Gasteiger charge is -2.36. The van der Waals surface area contributed by atoms with Crippen LogP contribution in [0.25, 0.3) is 22.4 Å². The minimum Gasteiger partial charge on any atom is -0.481 e. The van der Waals surface area contributed by atoms with Crippen LogP contribution in [0.5, 0.6) is 0 Å². The molecule has 3 aromatic heterocycles. The highest BCUT2D eigenvalue weighted by atomic mass is 35.5. The molecule has 0 radical (unpaired) electrons. The van der Waals surface area contributed by atoms with Crippen LogP contribution in [0.2, 0.25) is 5.02 Å². The summed E-state index contributed by atoms with van der Waals surface area (Å²) in [6.07, 6.45) is 4.53. The van der Waals surface area contributed by atoms with Gasteiger partial charge in [-0.05, 0) is 12.5 Å². The van der Waals surface area contributed by atoms with Gasteiger partial charge in [-0.15, -0.1) is 0 Å². The second kappa shape index (κ2) is 7.86. The standard InChI is InChI=1S/C19H18ClFN6O3/c1-9(28)27-3-2-15(13(8-27)19(29)30)25-18-14(21)7-24-17(26-18)12-6-23-16-11(12)4-10(20)5-22-16/h4-7,13,15H,2-3,8H2,1H3,(H,22,23)(H,29,30)(H,24,25,26). The third kappa shape index (κ3) is 3.78. The van der Waals surface area contributed by atoms with Gasteiger partial charge in [0.25, 0.3) is 0 Å². The number of H-pyrrole nitrogens is 1. The molecule has 11 heteroatoms. The number of carboxylic acid groups (broad SMARTS) is 1. The largest absolute Gasteiger partial charge is 0.481 e. The molecule has 3 aromatic rings. The van der Waals surface area contributed by atoms with E-state index in [9.17, 15) is 19.1 Å². The van der Waals surface area contributed by atoms with Crippen molar-refractivity contribution in [2.45, 2.75) is 19.4 Å². The number of amides is 1. The number of pyridine rings is 1. The van der Waals surface area contributed by atoms with Gasteiger partial charge < -0.3 is 20.3 Å². The highest BCUT2D eigenvalue weighted by molar-refractivity contribution is 6.31. The van der Waals surface area contributed by atoms with Crippen LogP contribution in [0.15, 0.2) is 24.7 Å². The zero-order valence-corrected chi connectivity index (χ0v) is 16.6. The molecule has 156 valence electrons. The van der Waals surface area contributed by atoms with Crippen LogP contribution in [-0.4, -0.2) is 61.0 Å². The molecule has 9 nitrogen and oxygen atoms in total. The van der Waals surface area contributed by atoms with Crippen molar-refractivity contribution >= 4 is 40.3 Å². The first-order valence-corrected chi connectivity index (χ1v) is 9.61. The normalized spacial score (nSPS) is 19.1. The molecule has 3 N–H and O–H groups in total. The van der Waals surface area contributed by atoms with Crippen LogP contribution < -0.4 is 5.32 Å². The van der Waals surface area contributed by atoms with Crippen molar-refractivity contribution < 1.29 is 19.1 Å². The number of aromatic amines is 1. The third-order valence-corrected chi connectivity index (χ3v) is 5.39. The number of piperidine rings is 1. The van der Waals surface area contributed by atoms with Crippen molar-refractivity contribution in [3.8, 4) is 11.4 Å². The molecule has 2 unspecified atom stereocenters. The predicted octanol–water partition coefficient (Wildman–Crippen LogP) is 2.55. The number of carbonyl (C=O) groups is 2. The van der Waals surface area contributed by atoms with Gasteiger partial charge in [-0.1, -0.05) is 11.6 Å². The molecular weight excluding hydrogens is 415 g/mol. The van der Waals surface area contributed by atoms with E-state index in [1.54, 1.807) is 12.3 Å². The molecular formula is C19H18ClFN6O3. The Labute approximate surface area is 175 Å². The van der Waals surface area contributed by atoms with Crippen molar-refractivity contribution in [2.75, 3.05) is 18.4 Å². The number of carboxylic acids is 1. The smallest absolute Gasteiger partial charge is 0.310 e. The summed E-state index contributed by atoms with van der Waals surface area (Å²) in [6.45, 7) is 1.82. The molecule has 1 saturated heterocycles. The van der Waals surface area contributed by atoms with Gasteiger partial charge in [-0.3, -0.25) is 9.59 Å². The molecule has 1 amide bonds. The summed E-state index contributed by atoms with van der Waals surface area (Å²) >= 11 is 6.03. The SMILES string of the molecule is CC(=O)N1CCC(Nc2nc(-c3c[nH]c4ncc(Cl)cc34)ncc2F)C(C(=O)O)C1. The molecule has 1 aliphatic heterocycles. The lowest BCUT2D eigenvalue weighted by atomic mass is 9.92. The van der Waals surface area contributed by atoms with Gasteiger partial charge in [0.05, 0.1) is 17.1 Å². The molecule has 4 heterocycles.